The zero-order chi connectivity index (χ0) is 30.5. The molecule has 0 spiro atoms. The van der Waals surface area contributed by atoms with Gasteiger partial charge in [0.15, 0.2) is 9.96 Å². The predicted molar refractivity (Wildman–Crippen MR) is 162 cm³/mol. The van der Waals surface area contributed by atoms with Gasteiger partial charge in [-0.2, -0.15) is 0 Å². The molecule has 0 aliphatic carbocycles. The molecular formula is C30H27N5O6S2. The number of allylic oxidation sites excluding steroid dienone is 1. The number of hydrogen-bond donors (Lipinski definition) is 0. The lowest BCUT2D eigenvalue weighted by atomic mass is 9.93. The molecule has 2 aromatic heterocycles. The number of carbonyl (C=O) groups excluding carboxylic acids is 1. The van der Waals surface area contributed by atoms with Crippen LogP contribution in [0, 0.1) is 10.1 Å². The second-order valence-corrected chi connectivity index (χ2v) is 11.3. The number of nitro groups is 1. The van der Waals surface area contributed by atoms with Crippen LogP contribution in [0.5, 0.6) is 5.75 Å². The van der Waals surface area contributed by atoms with Crippen molar-refractivity contribution in [1.29, 1.82) is 0 Å². The molecule has 5 rings (SSSR count). The van der Waals surface area contributed by atoms with Crippen molar-refractivity contribution in [2.75, 3.05) is 13.7 Å². The van der Waals surface area contributed by atoms with Gasteiger partial charge in [-0.05, 0) is 54.9 Å². The van der Waals surface area contributed by atoms with Crippen LogP contribution in [0.1, 0.15) is 43.9 Å². The highest BCUT2D eigenvalue weighted by Gasteiger charge is 2.35. The van der Waals surface area contributed by atoms with Crippen LogP contribution in [0.15, 0.2) is 92.0 Å². The van der Waals surface area contributed by atoms with Gasteiger partial charge in [0.2, 0.25) is 0 Å². The number of aromatic nitrogens is 3. The number of thiazole rings is 1. The third-order valence-electron chi connectivity index (χ3n) is 6.56. The number of rotatable bonds is 10. The number of fused-ring (bicyclic) bond motifs is 1. The molecule has 0 fully saturated rings. The van der Waals surface area contributed by atoms with E-state index in [2.05, 4.69) is 9.97 Å². The number of carbonyl (C=O) groups is 1. The van der Waals surface area contributed by atoms with Gasteiger partial charge < -0.3 is 9.47 Å². The van der Waals surface area contributed by atoms with Gasteiger partial charge in [0.05, 0.1) is 34.4 Å². The molecule has 43 heavy (non-hydrogen) atoms. The maximum Gasteiger partial charge on any atom is 0.338 e. The van der Waals surface area contributed by atoms with E-state index in [1.54, 1.807) is 43.6 Å². The number of non-ortho nitro benzene ring substituents is 1. The first-order chi connectivity index (χ1) is 20.9. The Morgan fingerprint density at radius 1 is 1.16 bits per heavy atom. The Morgan fingerprint density at radius 2 is 1.93 bits per heavy atom. The van der Waals surface area contributed by atoms with Crippen LogP contribution in [0.4, 0.5) is 5.69 Å². The zero-order valence-corrected chi connectivity index (χ0v) is 25.2. The molecule has 4 aromatic rings. The highest BCUT2D eigenvalue weighted by molar-refractivity contribution is 7.99. The van der Waals surface area contributed by atoms with Crippen molar-refractivity contribution in [3.05, 3.63) is 113 Å². The molecule has 2 aromatic carbocycles. The molecule has 1 aliphatic heterocycles. The second kappa shape index (κ2) is 13.1. The van der Waals surface area contributed by atoms with Gasteiger partial charge in [0, 0.05) is 35.0 Å². The molecule has 0 radical (unpaired) electrons. The van der Waals surface area contributed by atoms with Gasteiger partial charge in [-0.1, -0.05) is 42.9 Å². The van der Waals surface area contributed by atoms with E-state index in [9.17, 15) is 19.7 Å². The van der Waals surface area contributed by atoms with Gasteiger partial charge in [0.1, 0.15) is 11.8 Å². The first kappa shape index (κ1) is 29.9. The molecule has 0 N–H and O–H groups in total. The Morgan fingerprint density at radius 3 is 2.63 bits per heavy atom. The summed E-state index contributed by atoms with van der Waals surface area (Å²) in [4.78, 5) is 53.0. The van der Waals surface area contributed by atoms with E-state index in [0.717, 1.165) is 11.3 Å². The number of methoxy groups -OCH3 is 1. The Bertz CT molecular complexity index is 1900. The summed E-state index contributed by atoms with van der Waals surface area (Å²) in [6.07, 6.45) is 6.02. The summed E-state index contributed by atoms with van der Waals surface area (Å²) in [5, 5.41) is 12.1. The van der Waals surface area contributed by atoms with Crippen molar-refractivity contribution >= 4 is 40.8 Å². The third kappa shape index (κ3) is 6.13. The van der Waals surface area contributed by atoms with Gasteiger partial charge in [0.25, 0.3) is 11.2 Å². The van der Waals surface area contributed by atoms with Gasteiger partial charge in [-0.25, -0.2) is 19.8 Å². The van der Waals surface area contributed by atoms with Crippen LogP contribution in [0.25, 0.3) is 6.08 Å². The summed E-state index contributed by atoms with van der Waals surface area (Å²) < 4.78 is 12.9. The van der Waals surface area contributed by atoms with Crippen LogP contribution in [-0.2, 0) is 9.53 Å². The molecule has 3 heterocycles. The molecule has 0 saturated carbocycles. The van der Waals surface area contributed by atoms with Gasteiger partial charge in [-0.3, -0.25) is 19.5 Å². The van der Waals surface area contributed by atoms with E-state index in [-0.39, 0.29) is 22.4 Å². The minimum atomic E-state index is -0.855. The number of nitrogens with zero attached hydrogens (tertiary/aromatic N) is 5. The smallest absolute Gasteiger partial charge is 0.338 e. The molecule has 0 bridgehead atoms. The van der Waals surface area contributed by atoms with Crippen LogP contribution < -0.4 is 19.6 Å². The second-order valence-electron chi connectivity index (χ2n) is 9.27. The van der Waals surface area contributed by atoms with E-state index in [1.807, 2.05) is 25.1 Å². The van der Waals surface area contributed by atoms with Crippen molar-refractivity contribution in [2.24, 2.45) is 4.99 Å². The lowest BCUT2D eigenvalue weighted by Gasteiger charge is -2.26. The normalized spacial score (nSPS) is 14.7. The van der Waals surface area contributed by atoms with Crippen molar-refractivity contribution in [3.63, 3.8) is 0 Å². The van der Waals surface area contributed by atoms with Crippen LogP contribution in [0.2, 0.25) is 0 Å². The number of nitro benzene ring substituents is 1. The lowest BCUT2D eigenvalue weighted by molar-refractivity contribution is -0.384. The summed E-state index contributed by atoms with van der Waals surface area (Å²) in [7, 11) is 1.53. The summed E-state index contributed by atoms with van der Waals surface area (Å²) in [5.74, 6) is -0.0537. The summed E-state index contributed by atoms with van der Waals surface area (Å²) in [6.45, 7) is 3.86. The Balaban J connectivity index is 1.76. The van der Waals surface area contributed by atoms with Gasteiger partial charge in [-0.15, -0.1) is 0 Å². The average molecular weight is 618 g/mol. The molecule has 11 nitrogen and oxygen atoms in total. The highest BCUT2D eigenvalue weighted by atomic mass is 32.2. The van der Waals surface area contributed by atoms with Crippen LogP contribution in [0.3, 0.4) is 0 Å². The molecule has 0 saturated heterocycles. The first-order valence-corrected chi connectivity index (χ1v) is 15.1. The average Bonchev–Trinajstić information content (AvgIpc) is 3.32. The lowest BCUT2D eigenvalue weighted by Crippen LogP contribution is -2.40. The Labute approximate surface area is 254 Å². The molecule has 13 heteroatoms. The van der Waals surface area contributed by atoms with E-state index >= 15 is 0 Å². The number of benzene rings is 2. The molecular weight excluding hydrogens is 590 g/mol. The fourth-order valence-electron chi connectivity index (χ4n) is 4.74. The highest BCUT2D eigenvalue weighted by Crippen LogP contribution is 2.37. The SMILES string of the molecule is CCCC1=C(C(=O)OCC)[C@@H](c2ccccc2OC)n2c(s/c(=C/c3cc([N+](=O)[O-])ccc3Sc3ncccn3)c2=O)=N1. The number of hydrogen-bond acceptors (Lipinski definition) is 11. The van der Waals surface area contributed by atoms with E-state index < -0.39 is 22.5 Å². The summed E-state index contributed by atoms with van der Waals surface area (Å²) in [6, 6.07) is 12.5. The van der Waals surface area contributed by atoms with Crippen molar-refractivity contribution in [3.8, 4) is 5.75 Å². The molecule has 0 unspecified atom stereocenters. The molecule has 1 aliphatic rings. The van der Waals surface area contributed by atoms with E-state index in [0.29, 0.717) is 50.3 Å². The minimum absolute atomic E-state index is 0.126. The Kier molecular flexibility index (Phi) is 9.12. The maximum absolute atomic E-state index is 14.2. The first-order valence-electron chi connectivity index (χ1n) is 13.4. The predicted octanol–water partition coefficient (Wildman–Crippen LogP) is 4.44. The molecule has 1 atom stereocenters. The van der Waals surface area contributed by atoms with E-state index in [1.165, 1.54) is 35.6 Å². The zero-order valence-electron chi connectivity index (χ0n) is 23.6. The summed E-state index contributed by atoms with van der Waals surface area (Å²) >= 11 is 2.37. The Hall–Kier alpha value is -4.62. The topological polar surface area (TPSA) is 139 Å². The number of para-hydroxylation sites is 1. The fourth-order valence-corrected chi connectivity index (χ4v) is 6.55. The fraction of sp³-hybridized carbons (Fsp3) is 0.233. The minimum Gasteiger partial charge on any atom is -0.496 e. The van der Waals surface area contributed by atoms with Crippen molar-refractivity contribution in [2.45, 2.75) is 42.8 Å². The van der Waals surface area contributed by atoms with Crippen LogP contribution in [-0.4, -0.2) is 39.1 Å². The largest absolute Gasteiger partial charge is 0.496 e. The standard InChI is InChI=1S/C30H27N5O6S2/c1-4-9-21-25(28(37)41-5-2)26(20-10-6-7-11-22(20)40-3)34-27(36)24(43-30(34)33-21)17-18-16-19(35(38)39)12-13-23(18)42-29-31-14-8-15-32-29/h6-8,10-17,26H,4-5,9H2,1-3H3/b24-17+/t26-/m1/s1. The monoisotopic (exact) mass is 617 g/mol. The maximum atomic E-state index is 14.2. The molecule has 0 amide bonds. The third-order valence-corrected chi connectivity index (χ3v) is 8.53. The number of ether oxygens (including phenoxy) is 2. The quantitative estimate of drug-likeness (QED) is 0.109. The summed E-state index contributed by atoms with van der Waals surface area (Å²) in [5.41, 5.74) is 1.34. The van der Waals surface area contributed by atoms with Crippen molar-refractivity contribution in [1.82, 2.24) is 14.5 Å². The molecule has 220 valence electrons. The van der Waals surface area contributed by atoms with Crippen molar-refractivity contribution < 1.29 is 19.2 Å². The van der Waals surface area contributed by atoms with Crippen LogP contribution >= 0.6 is 23.1 Å². The van der Waals surface area contributed by atoms with Gasteiger partial charge >= 0.3 is 5.97 Å². The number of esters is 1. The van der Waals surface area contributed by atoms with E-state index in [4.69, 9.17) is 14.5 Å².